The average molecular weight is 420 g/mol. The molecule has 8 heteroatoms. The highest BCUT2D eigenvalue weighted by atomic mass is 32.2. The zero-order chi connectivity index (χ0) is 21.0. The molecule has 2 atom stereocenters. The highest BCUT2D eigenvalue weighted by Gasteiger charge is 2.31. The number of nitrogens with zero attached hydrogens (tertiary/aromatic N) is 1. The number of rotatable bonds is 7. The number of aryl methyl sites for hydroxylation is 1. The molecule has 0 saturated carbocycles. The number of halogens is 1. The van der Waals surface area contributed by atoms with Crippen LogP contribution in [-0.4, -0.2) is 38.9 Å². The first-order valence-electron chi connectivity index (χ1n) is 9.61. The lowest BCUT2D eigenvalue weighted by molar-refractivity contribution is -0.124. The first-order valence-corrected chi connectivity index (χ1v) is 11.1. The van der Waals surface area contributed by atoms with Gasteiger partial charge in [-0.25, -0.2) is 17.5 Å². The number of nitrogens with two attached hydrogens (primary N) is 1. The molecular weight excluding hydrogens is 393 g/mol. The van der Waals surface area contributed by atoms with Crippen molar-refractivity contribution in [3.63, 3.8) is 0 Å². The Labute approximate surface area is 171 Å². The van der Waals surface area contributed by atoms with Crippen LogP contribution in [0.4, 0.5) is 4.39 Å². The van der Waals surface area contributed by atoms with Crippen molar-refractivity contribution >= 4 is 15.9 Å². The van der Waals surface area contributed by atoms with E-state index in [2.05, 4.69) is 4.72 Å². The molecule has 1 fully saturated rings. The highest BCUT2D eigenvalue weighted by Crippen LogP contribution is 2.27. The quantitative estimate of drug-likeness (QED) is 0.721. The minimum absolute atomic E-state index is 0.0475. The molecule has 0 aromatic heterocycles. The molecule has 0 spiro atoms. The van der Waals surface area contributed by atoms with E-state index < -0.39 is 22.0 Å². The molecule has 6 nitrogen and oxygen atoms in total. The summed E-state index contributed by atoms with van der Waals surface area (Å²) >= 11 is 0. The van der Waals surface area contributed by atoms with E-state index in [0.717, 1.165) is 18.4 Å². The maximum absolute atomic E-state index is 13.2. The van der Waals surface area contributed by atoms with Gasteiger partial charge in [-0.2, -0.15) is 0 Å². The first-order chi connectivity index (χ1) is 13.8. The second kappa shape index (κ2) is 9.02. The van der Waals surface area contributed by atoms with Crippen LogP contribution in [0, 0.1) is 18.7 Å². The number of carbonyl (C=O) groups excluding carboxylic acids is 1. The molecule has 1 amide bonds. The number of hydrogen-bond acceptors (Lipinski definition) is 4. The first kappa shape index (κ1) is 21.4. The van der Waals surface area contributed by atoms with Crippen molar-refractivity contribution in [2.24, 2.45) is 11.7 Å². The lowest BCUT2D eigenvalue weighted by Crippen LogP contribution is -2.46. The van der Waals surface area contributed by atoms with Gasteiger partial charge in [0.15, 0.2) is 0 Å². The van der Waals surface area contributed by atoms with Crippen LogP contribution >= 0.6 is 0 Å². The van der Waals surface area contributed by atoms with E-state index in [9.17, 15) is 17.6 Å². The predicted octanol–water partition coefficient (Wildman–Crippen LogP) is 2.35. The fraction of sp³-hybridized carbons (Fsp3) is 0.381. The molecule has 1 saturated heterocycles. The van der Waals surface area contributed by atoms with Crippen LogP contribution in [0.5, 0.6) is 0 Å². The molecule has 2 aromatic rings. The number of nitrogens with one attached hydrogen (secondary N) is 1. The summed E-state index contributed by atoms with van der Waals surface area (Å²) < 4.78 is 41.0. The van der Waals surface area contributed by atoms with E-state index in [-0.39, 0.29) is 23.2 Å². The van der Waals surface area contributed by atoms with Gasteiger partial charge in [0.25, 0.3) is 0 Å². The largest absolute Gasteiger partial charge is 0.368 e. The summed E-state index contributed by atoms with van der Waals surface area (Å²) in [6.45, 7) is 3.38. The lowest BCUT2D eigenvalue weighted by Gasteiger charge is -2.37. The summed E-state index contributed by atoms with van der Waals surface area (Å²) in [5.74, 6) is -0.831. The van der Waals surface area contributed by atoms with Gasteiger partial charge in [0, 0.05) is 13.1 Å². The number of likely N-dealkylation sites (tertiary alicyclic amines) is 1. The van der Waals surface area contributed by atoms with Crippen molar-refractivity contribution < 1.29 is 17.6 Å². The molecule has 156 valence electrons. The van der Waals surface area contributed by atoms with E-state index in [1.165, 1.54) is 12.1 Å². The molecule has 2 unspecified atom stereocenters. The monoisotopic (exact) mass is 419 g/mol. The molecule has 3 rings (SSSR count). The number of benzene rings is 2. The molecule has 3 N–H and O–H groups in total. The summed E-state index contributed by atoms with van der Waals surface area (Å²) in [6.07, 6.45) is 1.67. The number of amides is 1. The van der Waals surface area contributed by atoms with Crippen molar-refractivity contribution in [3.05, 3.63) is 65.5 Å². The molecule has 0 aliphatic carbocycles. The van der Waals surface area contributed by atoms with Gasteiger partial charge in [-0.3, -0.25) is 9.69 Å². The van der Waals surface area contributed by atoms with E-state index in [4.69, 9.17) is 5.73 Å². The summed E-state index contributed by atoms with van der Waals surface area (Å²) in [5, 5.41) is 0. The van der Waals surface area contributed by atoms with Gasteiger partial charge in [0.2, 0.25) is 15.9 Å². The van der Waals surface area contributed by atoms with Crippen LogP contribution < -0.4 is 10.5 Å². The molecule has 1 aliphatic rings. The molecule has 0 radical (unpaired) electrons. The second-order valence-corrected chi connectivity index (χ2v) is 9.29. The Balaban J connectivity index is 1.67. The molecule has 1 aliphatic heterocycles. The minimum atomic E-state index is -3.59. The molecule has 29 heavy (non-hydrogen) atoms. The maximum atomic E-state index is 13.2. The fourth-order valence-corrected chi connectivity index (χ4v) is 4.84. The predicted molar refractivity (Wildman–Crippen MR) is 109 cm³/mol. The van der Waals surface area contributed by atoms with E-state index >= 15 is 0 Å². The van der Waals surface area contributed by atoms with E-state index in [1.807, 2.05) is 11.8 Å². The van der Waals surface area contributed by atoms with Crippen molar-refractivity contribution in [1.29, 1.82) is 0 Å². The van der Waals surface area contributed by atoms with E-state index in [0.29, 0.717) is 18.7 Å². The van der Waals surface area contributed by atoms with E-state index in [1.54, 1.807) is 36.4 Å². The van der Waals surface area contributed by atoms with Gasteiger partial charge in [0.1, 0.15) is 11.9 Å². The molecule has 1 heterocycles. The van der Waals surface area contributed by atoms with Gasteiger partial charge >= 0.3 is 0 Å². The fourth-order valence-electron chi connectivity index (χ4n) is 3.73. The third-order valence-electron chi connectivity index (χ3n) is 5.26. The van der Waals surface area contributed by atoms with Crippen molar-refractivity contribution in [1.82, 2.24) is 9.62 Å². The summed E-state index contributed by atoms with van der Waals surface area (Å²) in [5.41, 5.74) is 7.26. The number of carbonyl (C=O) groups is 1. The highest BCUT2D eigenvalue weighted by molar-refractivity contribution is 7.89. The third-order valence-corrected chi connectivity index (χ3v) is 6.70. The van der Waals surface area contributed by atoms with Crippen molar-refractivity contribution in [2.75, 3.05) is 19.6 Å². The maximum Gasteiger partial charge on any atom is 0.240 e. The van der Waals surface area contributed by atoms with Gasteiger partial charge in [-0.15, -0.1) is 0 Å². The van der Waals surface area contributed by atoms with Crippen LogP contribution in [0.1, 0.15) is 30.0 Å². The number of piperidine rings is 1. The zero-order valence-corrected chi connectivity index (χ0v) is 17.2. The number of sulfonamides is 1. The smallest absolute Gasteiger partial charge is 0.240 e. The third kappa shape index (κ3) is 5.41. The van der Waals surface area contributed by atoms with Gasteiger partial charge in [-0.05, 0) is 62.1 Å². The SMILES string of the molecule is Cc1ccc(S(=O)(=O)NCC2CCCN(C(C(N)=O)c3ccc(F)cc3)C2)cc1. The zero-order valence-electron chi connectivity index (χ0n) is 16.3. The number of hydrogen-bond donors (Lipinski definition) is 2. The topological polar surface area (TPSA) is 92.5 Å². The Kier molecular flexibility index (Phi) is 6.66. The Bertz CT molecular complexity index is 946. The summed E-state index contributed by atoms with van der Waals surface area (Å²) in [4.78, 5) is 14.3. The second-order valence-electron chi connectivity index (χ2n) is 7.52. The normalized spacial score (nSPS) is 19.0. The van der Waals surface area contributed by atoms with Crippen LogP contribution in [0.15, 0.2) is 53.4 Å². The molecule has 0 bridgehead atoms. The Morgan fingerprint density at radius 1 is 1.21 bits per heavy atom. The van der Waals surface area contributed by atoms with Crippen LogP contribution in [-0.2, 0) is 14.8 Å². The van der Waals surface area contributed by atoms with Gasteiger partial charge in [-0.1, -0.05) is 29.8 Å². The number of primary amides is 1. The van der Waals surface area contributed by atoms with Crippen molar-refractivity contribution in [2.45, 2.75) is 30.7 Å². The standard InChI is InChI=1S/C21H26FN3O3S/c1-15-4-10-19(11-5-15)29(27,28)24-13-16-3-2-12-25(14-16)20(21(23)26)17-6-8-18(22)9-7-17/h4-11,16,20,24H,2-3,12-14H2,1H3,(H2,23,26). The van der Waals surface area contributed by atoms with Gasteiger partial charge < -0.3 is 5.73 Å². The van der Waals surface area contributed by atoms with Gasteiger partial charge in [0.05, 0.1) is 4.90 Å². The average Bonchev–Trinajstić information content (AvgIpc) is 2.69. The summed E-state index contributed by atoms with van der Waals surface area (Å²) in [7, 11) is -3.59. The van der Waals surface area contributed by atoms with Crippen LogP contribution in [0.2, 0.25) is 0 Å². The minimum Gasteiger partial charge on any atom is -0.368 e. The van der Waals surface area contributed by atoms with Crippen LogP contribution in [0.3, 0.4) is 0 Å². The van der Waals surface area contributed by atoms with Crippen LogP contribution in [0.25, 0.3) is 0 Å². The lowest BCUT2D eigenvalue weighted by atomic mass is 9.94. The Hall–Kier alpha value is -2.29. The van der Waals surface area contributed by atoms with Crippen molar-refractivity contribution in [3.8, 4) is 0 Å². The molecular formula is C21H26FN3O3S. The Morgan fingerprint density at radius 2 is 1.86 bits per heavy atom. The Morgan fingerprint density at radius 3 is 2.48 bits per heavy atom. The molecule has 2 aromatic carbocycles. The summed E-state index contributed by atoms with van der Waals surface area (Å²) in [6, 6.07) is 11.8.